The highest BCUT2D eigenvalue weighted by molar-refractivity contribution is 6.38. The van der Waals surface area contributed by atoms with Gasteiger partial charge in [0.25, 0.3) is 0 Å². The third kappa shape index (κ3) is 2.56. The van der Waals surface area contributed by atoms with Crippen LogP contribution in [0.25, 0.3) is 0 Å². The van der Waals surface area contributed by atoms with Crippen LogP contribution < -0.4 is 0 Å². The highest BCUT2D eigenvalue weighted by Crippen LogP contribution is 2.34. The van der Waals surface area contributed by atoms with Crippen LogP contribution in [0.15, 0.2) is 18.2 Å². The highest BCUT2D eigenvalue weighted by Gasteiger charge is 2.34. The predicted molar refractivity (Wildman–Crippen MR) is 57.2 cm³/mol. The highest BCUT2D eigenvalue weighted by atomic mass is 19.4. The predicted octanol–water partition coefficient (Wildman–Crippen LogP) is 0.383. The fourth-order valence-corrected chi connectivity index (χ4v) is 1.61. The van der Waals surface area contributed by atoms with E-state index in [2.05, 4.69) is 0 Å². The van der Waals surface area contributed by atoms with Gasteiger partial charge in [0.15, 0.2) is 0 Å². The first-order chi connectivity index (χ1) is 6.64. The molecular weight excluding hydrogens is 203 g/mol. The number of halogens is 3. The Balaban J connectivity index is 3.37. The number of hydrogen-bond acceptors (Lipinski definition) is 1. The largest absolute Gasteiger partial charge is 0.416 e. The van der Waals surface area contributed by atoms with Crippen molar-refractivity contribution in [3.05, 3.63) is 34.9 Å². The zero-order valence-corrected chi connectivity index (χ0v) is 8.81. The molecule has 0 atom stereocenters. The Kier molecular flexibility index (Phi) is 2.92. The summed E-state index contributed by atoms with van der Waals surface area (Å²) in [6.45, 7) is 1.37. The molecule has 0 aliphatic heterocycles. The molecule has 1 aromatic carbocycles. The summed E-state index contributed by atoms with van der Waals surface area (Å²) in [4.78, 5) is 0. The molecule has 0 heterocycles. The lowest BCUT2D eigenvalue weighted by Crippen LogP contribution is -2.28. The summed E-state index contributed by atoms with van der Waals surface area (Å²) in [6, 6.07) is 3.83. The van der Waals surface area contributed by atoms with Gasteiger partial charge in [0.05, 0.1) is 5.56 Å². The van der Waals surface area contributed by atoms with E-state index in [1.54, 1.807) is 0 Å². The zero-order chi connectivity index (χ0) is 11.9. The third-order valence-electron chi connectivity index (χ3n) is 2.30. The van der Waals surface area contributed by atoms with Crippen LogP contribution in [0.4, 0.5) is 13.2 Å². The molecule has 6 heteroatoms. The molecule has 0 amide bonds. The van der Waals surface area contributed by atoms with Crippen molar-refractivity contribution in [1.29, 1.82) is 0 Å². The second-order valence-electron chi connectivity index (χ2n) is 4.03. The average molecular weight is 214 g/mol. The molecule has 0 saturated carbocycles. The number of aliphatic hydroxyl groups is 1. The van der Waals surface area contributed by atoms with Gasteiger partial charge in [0, 0.05) is 5.40 Å². The van der Waals surface area contributed by atoms with Crippen molar-refractivity contribution in [3.8, 4) is 0 Å². The van der Waals surface area contributed by atoms with Crippen molar-refractivity contribution in [2.24, 2.45) is 0 Å². The molecule has 0 unspecified atom stereocenters. The van der Waals surface area contributed by atoms with Gasteiger partial charge in [0.2, 0.25) is 0 Å². The Bertz CT molecular complexity index is 336. The summed E-state index contributed by atoms with van der Waals surface area (Å²) < 4.78 is 37.6. The van der Waals surface area contributed by atoms with Crippen LogP contribution in [-0.2, 0) is 11.6 Å². The van der Waals surface area contributed by atoms with Gasteiger partial charge in [-0.1, -0.05) is 12.1 Å². The second kappa shape index (κ2) is 3.59. The van der Waals surface area contributed by atoms with Crippen molar-refractivity contribution in [1.82, 2.24) is 0 Å². The lowest BCUT2D eigenvalue weighted by Gasteiger charge is -2.23. The number of rotatable bonds is 1. The van der Waals surface area contributed by atoms with Gasteiger partial charge >= 0.3 is 6.18 Å². The summed E-state index contributed by atoms with van der Waals surface area (Å²) in [7, 11) is 2.94. The Morgan fingerprint density at radius 1 is 1.13 bits per heavy atom. The standard InChI is InChI=1S/C9H11B2F3O/c1-5-6(8(10,11)15)3-2-4-7(5)9(12,13)14/h2-4,15H,10-11H2,1H3. The number of alkyl halides is 3. The fraction of sp³-hybridized carbons (Fsp3) is 0.333. The van der Waals surface area contributed by atoms with Gasteiger partial charge in [-0.15, -0.1) is 0 Å². The van der Waals surface area contributed by atoms with E-state index < -0.39 is 17.1 Å². The van der Waals surface area contributed by atoms with Gasteiger partial charge in [-0.2, -0.15) is 13.2 Å². The van der Waals surface area contributed by atoms with Crippen LogP contribution in [0.2, 0.25) is 0 Å². The van der Waals surface area contributed by atoms with E-state index in [9.17, 15) is 18.3 Å². The summed E-state index contributed by atoms with van der Waals surface area (Å²) in [5.74, 6) is 0. The Labute approximate surface area is 88.1 Å². The molecule has 0 aromatic heterocycles. The average Bonchev–Trinajstić information content (AvgIpc) is 1.99. The molecule has 1 rings (SSSR count). The van der Waals surface area contributed by atoms with Crippen molar-refractivity contribution in [2.75, 3.05) is 0 Å². The molecule has 15 heavy (non-hydrogen) atoms. The number of hydrogen-bond donors (Lipinski definition) is 1. The van der Waals surface area contributed by atoms with Gasteiger partial charge in [-0.05, 0) is 24.1 Å². The van der Waals surface area contributed by atoms with E-state index in [0.29, 0.717) is 5.56 Å². The first-order valence-electron chi connectivity index (χ1n) is 4.53. The Hall–Kier alpha value is -0.900. The van der Waals surface area contributed by atoms with Crippen molar-refractivity contribution in [3.63, 3.8) is 0 Å². The topological polar surface area (TPSA) is 20.2 Å². The molecule has 0 aliphatic rings. The smallest absolute Gasteiger partial charge is 0.403 e. The molecular formula is C9H11B2F3O. The van der Waals surface area contributed by atoms with Gasteiger partial charge in [-0.3, -0.25) is 0 Å². The van der Waals surface area contributed by atoms with Gasteiger partial charge in [-0.25, -0.2) is 0 Å². The summed E-state index contributed by atoms with van der Waals surface area (Å²) >= 11 is 0. The van der Waals surface area contributed by atoms with Crippen LogP contribution in [0.3, 0.4) is 0 Å². The molecule has 0 radical (unpaired) electrons. The minimum atomic E-state index is -4.37. The minimum absolute atomic E-state index is 0.0810. The van der Waals surface area contributed by atoms with Crippen LogP contribution in [-0.4, -0.2) is 20.8 Å². The van der Waals surface area contributed by atoms with Crippen LogP contribution in [0.1, 0.15) is 16.7 Å². The molecule has 1 aromatic rings. The zero-order valence-electron chi connectivity index (χ0n) is 8.81. The maximum atomic E-state index is 12.5. The molecule has 0 spiro atoms. The molecule has 0 saturated heterocycles. The summed E-state index contributed by atoms with van der Waals surface area (Å²) in [5, 5.41) is 8.43. The van der Waals surface area contributed by atoms with Crippen LogP contribution in [0, 0.1) is 6.92 Å². The Morgan fingerprint density at radius 2 is 1.60 bits per heavy atom. The lowest BCUT2D eigenvalue weighted by molar-refractivity contribution is -0.138. The van der Waals surface area contributed by atoms with Crippen molar-refractivity contribution < 1.29 is 18.3 Å². The van der Waals surface area contributed by atoms with E-state index >= 15 is 0 Å². The SMILES string of the molecule is BC(B)(O)c1cccc(C(F)(F)F)c1C. The van der Waals surface area contributed by atoms with E-state index in [0.717, 1.165) is 6.07 Å². The summed E-state index contributed by atoms with van der Waals surface area (Å²) in [6.07, 6.45) is -4.37. The number of benzene rings is 1. The molecule has 1 nitrogen and oxygen atoms in total. The molecule has 0 fully saturated rings. The van der Waals surface area contributed by atoms with Crippen LogP contribution >= 0.6 is 0 Å². The van der Waals surface area contributed by atoms with Gasteiger partial charge in [0.1, 0.15) is 15.7 Å². The molecule has 0 bridgehead atoms. The lowest BCUT2D eigenvalue weighted by atomic mass is 9.60. The van der Waals surface area contributed by atoms with Crippen molar-refractivity contribution >= 4 is 15.7 Å². The maximum absolute atomic E-state index is 12.5. The first kappa shape index (κ1) is 12.2. The molecule has 1 N–H and O–H groups in total. The molecule has 80 valence electrons. The van der Waals surface area contributed by atoms with Crippen LogP contribution in [0.5, 0.6) is 0 Å². The van der Waals surface area contributed by atoms with Crippen molar-refractivity contribution in [2.45, 2.75) is 18.5 Å². The van der Waals surface area contributed by atoms with E-state index in [1.165, 1.54) is 34.7 Å². The second-order valence-corrected chi connectivity index (χ2v) is 4.03. The fourth-order valence-electron chi connectivity index (χ4n) is 1.61. The normalized spacial score (nSPS) is 12.9. The first-order valence-corrected chi connectivity index (χ1v) is 4.53. The minimum Gasteiger partial charge on any atom is -0.403 e. The van der Waals surface area contributed by atoms with E-state index in [1.807, 2.05) is 0 Å². The third-order valence-corrected chi connectivity index (χ3v) is 2.30. The van der Waals surface area contributed by atoms with Gasteiger partial charge < -0.3 is 5.11 Å². The maximum Gasteiger partial charge on any atom is 0.416 e. The monoisotopic (exact) mass is 214 g/mol. The molecule has 0 aliphatic carbocycles. The summed E-state index contributed by atoms with van der Waals surface area (Å²) in [5.41, 5.74) is -0.308. The Morgan fingerprint density at radius 3 is 2.00 bits per heavy atom. The quantitative estimate of drug-likeness (QED) is 0.670. The van der Waals surface area contributed by atoms with E-state index in [-0.39, 0.29) is 5.56 Å². The van der Waals surface area contributed by atoms with E-state index in [4.69, 9.17) is 0 Å².